The predicted octanol–water partition coefficient (Wildman–Crippen LogP) is 3.59. The number of fused-ring (bicyclic) bond motifs is 2. The first-order valence-electron chi connectivity index (χ1n) is 10.2. The normalized spacial score (nSPS) is 14.8. The molecule has 5 rings (SSSR count). The third kappa shape index (κ3) is 3.51. The zero-order chi connectivity index (χ0) is 20.5. The Labute approximate surface area is 173 Å². The number of rotatable bonds is 4. The monoisotopic (exact) mass is 407 g/mol. The molecule has 0 fully saturated rings. The third-order valence-corrected chi connectivity index (χ3v) is 5.53. The Bertz CT molecular complexity index is 1090. The SMILES string of the molecule is O=C(NCc1ccc2c(c1)OCCO2)c1nn(-c2ccc(F)cc2)c2c1CCCC2. The summed E-state index contributed by atoms with van der Waals surface area (Å²) in [6.45, 7) is 1.44. The van der Waals surface area contributed by atoms with Gasteiger partial charge in [0.15, 0.2) is 17.2 Å². The summed E-state index contributed by atoms with van der Waals surface area (Å²) in [5.41, 5.74) is 4.18. The van der Waals surface area contributed by atoms with Crippen LogP contribution >= 0.6 is 0 Å². The van der Waals surface area contributed by atoms with E-state index < -0.39 is 0 Å². The molecule has 1 aliphatic heterocycles. The Morgan fingerprint density at radius 1 is 1.03 bits per heavy atom. The number of nitrogens with zero attached hydrogens (tertiary/aromatic N) is 2. The summed E-state index contributed by atoms with van der Waals surface area (Å²) in [6.07, 6.45) is 3.77. The van der Waals surface area contributed by atoms with Crippen LogP contribution in [0.15, 0.2) is 42.5 Å². The molecule has 2 aromatic carbocycles. The number of ether oxygens (including phenoxy) is 2. The molecule has 0 saturated carbocycles. The maximum absolute atomic E-state index is 13.3. The first-order valence-corrected chi connectivity index (χ1v) is 10.2. The summed E-state index contributed by atoms with van der Waals surface area (Å²) in [5.74, 6) is 0.926. The van der Waals surface area contributed by atoms with Crippen LogP contribution in [0.4, 0.5) is 4.39 Å². The Kier molecular flexibility index (Phi) is 4.86. The number of carbonyl (C=O) groups excluding carboxylic acids is 1. The number of benzene rings is 2. The fraction of sp³-hybridized carbons (Fsp3) is 0.304. The fourth-order valence-electron chi connectivity index (χ4n) is 4.04. The minimum atomic E-state index is -0.294. The first kappa shape index (κ1) is 18.7. The summed E-state index contributed by atoms with van der Waals surface area (Å²) in [7, 11) is 0. The van der Waals surface area contributed by atoms with Crippen LogP contribution in [0.3, 0.4) is 0 Å². The highest BCUT2D eigenvalue weighted by Gasteiger charge is 2.25. The number of aromatic nitrogens is 2. The van der Waals surface area contributed by atoms with Crippen LogP contribution < -0.4 is 14.8 Å². The molecule has 0 bridgehead atoms. The van der Waals surface area contributed by atoms with Gasteiger partial charge in [-0.3, -0.25) is 4.79 Å². The van der Waals surface area contributed by atoms with E-state index in [9.17, 15) is 9.18 Å². The summed E-state index contributed by atoms with van der Waals surface area (Å²) < 4.78 is 26.3. The largest absolute Gasteiger partial charge is 0.486 e. The highest BCUT2D eigenvalue weighted by Crippen LogP contribution is 2.31. The summed E-state index contributed by atoms with van der Waals surface area (Å²) >= 11 is 0. The molecule has 2 aliphatic rings. The van der Waals surface area contributed by atoms with Gasteiger partial charge in [-0.1, -0.05) is 6.07 Å². The molecule has 0 spiro atoms. The van der Waals surface area contributed by atoms with Crippen LogP contribution in [0.1, 0.15) is 40.2 Å². The lowest BCUT2D eigenvalue weighted by Gasteiger charge is -2.19. The maximum Gasteiger partial charge on any atom is 0.272 e. The second-order valence-electron chi connectivity index (χ2n) is 7.53. The topological polar surface area (TPSA) is 65.4 Å². The Morgan fingerprint density at radius 2 is 1.80 bits per heavy atom. The van der Waals surface area contributed by atoms with Crippen molar-refractivity contribution < 1.29 is 18.7 Å². The molecule has 1 N–H and O–H groups in total. The van der Waals surface area contributed by atoms with Crippen molar-refractivity contribution in [2.45, 2.75) is 32.2 Å². The van der Waals surface area contributed by atoms with Crippen molar-refractivity contribution in [1.82, 2.24) is 15.1 Å². The zero-order valence-corrected chi connectivity index (χ0v) is 16.5. The average Bonchev–Trinajstić information content (AvgIpc) is 3.18. The summed E-state index contributed by atoms with van der Waals surface area (Å²) in [6, 6.07) is 11.9. The highest BCUT2D eigenvalue weighted by atomic mass is 19.1. The van der Waals surface area contributed by atoms with Crippen LogP contribution in [0.5, 0.6) is 11.5 Å². The van der Waals surface area contributed by atoms with Gasteiger partial charge in [-0.05, 0) is 67.6 Å². The fourth-order valence-corrected chi connectivity index (χ4v) is 4.04. The number of hydrogen-bond donors (Lipinski definition) is 1. The Morgan fingerprint density at radius 3 is 2.63 bits per heavy atom. The lowest BCUT2D eigenvalue weighted by Crippen LogP contribution is -2.25. The number of hydrogen-bond acceptors (Lipinski definition) is 4. The smallest absolute Gasteiger partial charge is 0.272 e. The molecular formula is C23H22FN3O3. The van der Waals surface area contributed by atoms with E-state index in [0.29, 0.717) is 31.2 Å². The number of carbonyl (C=O) groups is 1. The molecule has 6 nitrogen and oxygen atoms in total. The van der Waals surface area contributed by atoms with Crippen LogP contribution in [0, 0.1) is 5.82 Å². The standard InChI is InChI=1S/C23H22FN3O3/c24-16-6-8-17(9-7-16)27-19-4-2-1-3-18(19)22(26-27)23(28)25-14-15-5-10-20-21(13-15)30-12-11-29-20/h5-10,13H,1-4,11-12,14H2,(H,25,28). The quantitative estimate of drug-likeness (QED) is 0.718. The van der Waals surface area contributed by atoms with Crippen LogP contribution in [-0.2, 0) is 19.4 Å². The van der Waals surface area contributed by atoms with E-state index in [1.165, 1.54) is 12.1 Å². The zero-order valence-electron chi connectivity index (χ0n) is 16.5. The van der Waals surface area contributed by atoms with Crippen LogP contribution in [0.2, 0.25) is 0 Å². The molecule has 0 unspecified atom stereocenters. The summed E-state index contributed by atoms with van der Waals surface area (Å²) in [4.78, 5) is 13.0. The molecular weight excluding hydrogens is 385 g/mol. The predicted molar refractivity (Wildman–Crippen MR) is 109 cm³/mol. The Balaban J connectivity index is 1.38. The second-order valence-corrected chi connectivity index (χ2v) is 7.53. The highest BCUT2D eigenvalue weighted by molar-refractivity contribution is 5.94. The van der Waals surface area contributed by atoms with Crippen LogP contribution in [-0.4, -0.2) is 28.9 Å². The molecule has 30 heavy (non-hydrogen) atoms. The van der Waals surface area contributed by atoms with Gasteiger partial charge in [0.1, 0.15) is 19.0 Å². The van der Waals surface area contributed by atoms with Gasteiger partial charge in [-0.15, -0.1) is 0 Å². The van der Waals surface area contributed by atoms with E-state index in [4.69, 9.17) is 9.47 Å². The van der Waals surface area contributed by atoms with E-state index in [-0.39, 0.29) is 11.7 Å². The second kappa shape index (κ2) is 7.82. The van der Waals surface area contributed by atoms with Gasteiger partial charge in [0.2, 0.25) is 0 Å². The number of amides is 1. The minimum absolute atomic E-state index is 0.205. The van der Waals surface area contributed by atoms with E-state index in [1.807, 2.05) is 18.2 Å². The van der Waals surface area contributed by atoms with Gasteiger partial charge in [0.25, 0.3) is 5.91 Å². The van der Waals surface area contributed by atoms with Crippen molar-refractivity contribution in [2.24, 2.45) is 0 Å². The molecule has 0 radical (unpaired) electrons. The van der Waals surface area contributed by atoms with Crippen molar-refractivity contribution in [3.8, 4) is 17.2 Å². The van der Waals surface area contributed by atoms with Gasteiger partial charge in [-0.2, -0.15) is 5.10 Å². The molecule has 7 heteroatoms. The van der Waals surface area contributed by atoms with Crippen LogP contribution in [0.25, 0.3) is 5.69 Å². The van der Waals surface area contributed by atoms with E-state index in [2.05, 4.69) is 10.4 Å². The van der Waals surface area contributed by atoms with Gasteiger partial charge in [0.05, 0.1) is 5.69 Å². The maximum atomic E-state index is 13.3. The first-order chi connectivity index (χ1) is 14.7. The lowest BCUT2D eigenvalue weighted by atomic mass is 9.95. The molecule has 1 amide bonds. The molecule has 0 saturated heterocycles. The van der Waals surface area contributed by atoms with Gasteiger partial charge >= 0.3 is 0 Å². The molecule has 3 aromatic rings. The van der Waals surface area contributed by atoms with E-state index >= 15 is 0 Å². The lowest BCUT2D eigenvalue weighted by molar-refractivity contribution is 0.0944. The van der Waals surface area contributed by atoms with Crippen molar-refractivity contribution in [2.75, 3.05) is 13.2 Å². The van der Waals surface area contributed by atoms with Crippen molar-refractivity contribution in [3.05, 3.63) is 70.8 Å². The van der Waals surface area contributed by atoms with Gasteiger partial charge < -0.3 is 14.8 Å². The summed E-state index contributed by atoms with van der Waals surface area (Å²) in [5, 5.41) is 7.59. The molecule has 1 aliphatic carbocycles. The molecule has 0 atom stereocenters. The average molecular weight is 407 g/mol. The number of nitrogens with one attached hydrogen (secondary N) is 1. The molecule has 154 valence electrons. The Hall–Kier alpha value is -3.35. The minimum Gasteiger partial charge on any atom is -0.486 e. The van der Waals surface area contributed by atoms with Crippen molar-refractivity contribution in [3.63, 3.8) is 0 Å². The van der Waals surface area contributed by atoms with Gasteiger partial charge in [-0.25, -0.2) is 9.07 Å². The van der Waals surface area contributed by atoms with E-state index in [0.717, 1.165) is 53.9 Å². The van der Waals surface area contributed by atoms with E-state index in [1.54, 1.807) is 16.8 Å². The van der Waals surface area contributed by atoms with Crippen molar-refractivity contribution in [1.29, 1.82) is 0 Å². The van der Waals surface area contributed by atoms with Gasteiger partial charge in [0, 0.05) is 17.8 Å². The number of halogens is 1. The molecule has 2 heterocycles. The van der Waals surface area contributed by atoms with Crippen molar-refractivity contribution >= 4 is 5.91 Å². The molecule has 1 aromatic heterocycles. The third-order valence-electron chi connectivity index (χ3n) is 5.53.